The molecular weight excluding hydrogens is 526 g/mol. The number of phenolic OH excluding ortho intramolecular Hbond substituents is 1. The van der Waals surface area contributed by atoms with E-state index in [1.54, 1.807) is 47.1 Å². The van der Waals surface area contributed by atoms with E-state index < -0.39 is 5.91 Å². The number of thioether (sulfide) groups is 1. The molecule has 2 heterocycles. The Morgan fingerprint density at radius 3 is 2.65 bits per heavy atom. The number of anilines is 2. The Labute approximate surface area is 232 Å². The summed E-state index contributed by atoms with van der Waals surface area (Å²) in [5, 5.41) is 41.0. The van der Waals surface area contributed by atoms with E-state index in [4.69, 9.17) is 6.57 Å². The zero-order valence-electron chi connectivity index (χ0n) is 20.8. The molecule has 1 aliphatic rings. The van der Waals surface area contributed by atoms with Crippen LogP contribution >= 0.6 is 11.8 Å². The normalized spacial score (nSPS) is 14.2. The molecule has 4 N–H and O–H groups in total. The highest BCUT2D eigenvalue weighted by molar-refractivity contribution is 8.00. The van der Waals surface area contributed by atoms with E-state index in [-0.39, 0.29) is 40.6 Å². The van der Waals surface area contributed by atoms with E-state index in [1.165, 1.54) is 18.0 Å². The van der Waals surface area contributed by atoms with Crippen LogP contribution in [-0.4, -0.2) is 25.9 Å². The van der Waals surface area contributed by atoms with E-state index in [2.05, 4.69) is 30.8 Å². The summed E-state index contributed by atoms with van der Waals surface area (Å²) in [6, 6.07) is 23.4. The van der Waals surface area contributed by atoms with Crippen LogP contribution in [0.25, 0.3) is 15.6 Å². The molecule has 1 aromatic heterocycles. The number of azo groups is 1. The Morgan fingerprint density at radius 1 is 1.10 bits per heavy atom. The molecular formula is C29H21N7O3S. The van der Waals surface area contributed by atoms with Crippen LogP contribution < -0.4 is 10.6 Å². The minimum absolute atomic E-state index is 0.0151. The number of rotatable bonds is 6. The summed E-state index contributed by atoms with van der Waals surface area (Å²) in [5.41, 5.74) is 2.13. The minimum atomic E-state index is -0.535. The molecule has 11 heteroatoms. The van der Waals surface area contributed by atoms with Gasteiger partial charge in [-0.1, -0.05) is 60.3 Å². The number of aliphatic hydroxyl groups excluding tert-OH is 1. The van der Waals surface area contributed by atoms with Crippen molar-refractivity contribution in [3.63, 3.8) is 0 Å². The first-order valence-electron chi connectivity index (χ1n) is 12.2. The molecule has 5 aromatic rings. The van der Waals surface area contributed by atoms with Crippen LogP contribution in [0.3, 0.4) is 0 Å². The molecule has 1 aliphatic heterocycles. The molecule has 1 atom stereocenters. The van der Waals surface area contributed by atoms with Gasteiger partial charge >= 0.3 is 0 Å². The van der Waals surface area contributed by atoms with Crippen LogP contribution in [0.1, 0.15) is 21.4 Å². The van der Waals surface area contributed by atoms with Crippen LogP contribution in [0.2, 0.25) is 0 Å². The number of benzene rings is 4. The van der Waals surface area contributed by atoms with Gasteiger partial charge in [-0.25, -0.2) is 9.53 Å². The van der Waals surface area contributed by atoms with Crippen LogP contribution in [-0.2, 0) is 6.61 Å². The lowest BCUT2D eigenvalue weighted by Gasteiger charge is -2.13. The van der Waals surface area contributed by atoms with Crippen molar-refractivity contribution >= 4 is 57.0 Å². The van der Waals surface area contributed by atoms with Gasteiger partial charge in [0.05, 0.1) is 30.6 Å². The van der Waals surface area contributed by atoms with Crippen LogP contribution in [0, 0.1) is 6.57 Å². The number of fused-ring (bicyclic) bond motifs is 2. The summed E-state index contributed by atoms with van der Waals surface area (Å²) < 4.78 is 1.58. The number of hydrogen-bond donors (Lipinski definition) is 4. The van der Waals surface area contributed by atoms with Crippen LogP contribution in [0.15, 0.2) is 100 Å². The van der Waals surface area contributed by atoms with Gasteiger partial charge in [0, 0.05) is 16.0 Å². The number of carbonyl (C=O) groups excluding carboxylic acids is 1. The number of aromatic nitrogens is 2. The van der Waals surface area contributed by atoms with Crippen molar-refractivity contribution in [2.45, 2.75) is 17.0 Å². The van der Waals surface area contributed by atoms with Gasteiger partial charge in [-0.15, -0.1) is 10.2 Å². The lowest BCUT2D eigenvalue weighted by atomic mass is 10.0. The molecule has 0 saturated heterocycles. The fourth-order valence-corrected chi connectivity index (χ4v) is 5.45. The Bertz CT molecular complexity index is 1800. The first-order valence-corrected chi connectivity index (χ1v) is 13.1. The van der Waals surface area contributed by atoms with Crippen LogP contribution in [0.5, 0.6) is 5.75 Å². The second-order valence-corrected chi connectivity index (χ2v) is 9.99. The highest BCUT2D eigenvalue weighted by Crippen LogP contribution is 2.47. The monoisotopic (exact) mass is 547 g/mol. The highest BCUT2D eigenvalue weighted by atomic mass is 32.2. The average Bonchev–Trinajstić information content (AvgIpc) is 3.60. The number of phenols is 1. The second-order valence-electron chi connectivity index (χ2n) is 8.87. The third-order valence-corrected chi connectivity index (χ3v) is 7.53. The summed E-state index contributed by atoms with van der Waals surface area (Å²) in [4.78, 5) is 17.8. The van der Waals surface area contributed by atoms with Crippen molar-refractivity contribution < 1.29 is 15.0 Å². The number of para-hydroxylation sites is 1. The van der Waals surface area contributed by atoms with E-state index in [1.807, 2.05) is 36.4 Å². The zero-order chi connectivity index (χ0) is 27.6. The fourth-order valence-electron chi connectivity index (χ4n) is 4.36. The number of amides is 1. The fraction of sp³-hybridized carbons (Fsp3) is 0.0690. The average molecular weight is 548 g/mol. The maximum absolute atomic E-state index is 13.2. The van der Waals surface area contributed by atoms with E-state index in [0.29, 0.717) is 22.0 Å². The van der Waals surface area contributed by atoms with E-state index >= 15 is 0 Å². The van der Waals surface area contributed by atoms with Crippen molar-refractivity contribution in [3.05, 3.63) is 108 Å². The molecule has 0 radical (unpaired) electrons. The Morgan fingerprint density at radius 2 is 1.88 bits per heavy atom. The molecule has 4 aromatic carbocycles. The second kappa shape index (κ2) is 10.5. The van der Waals surface area contributed by atoms with Crippen molar-refractivity contribution in [2.75, 3.05) is 10.6 Å². The first kappa shape index (κ1) is 25.1. The maximum atomic E-state index is 13.2. The number of nitrogens with one attached hydrogen (secondary N) is 2. The third-order valence-electron chi connectivity index (χ3n) is 6.38. The van der Waals surface area contributed by atoms with Crippen molar-refractivity contribution in [2.24, 2.45) is 10.2 Å². The molecule has 0 aliphatic carbocycles. The lowest BCUT2D eigenvalue weighted by molar-refractivity contribution is 0.102. The molecule has 1 amide bonds. The summed E-state index contributed by atoms with van der Waals surface area (Å²) in [6.45, 7) is 7.50. The topological polar surface area (TPSA) is 128 Å². The maximum Gasteiger partial charge on any atom is 0.259 e. The highest BCUT2D eigenvalue weighted by Gasteiger charge is 2.27. The SMILES string of the molecule is [C-]#[N+]c1cnn(C2Nc3ccccc3S2)c1N=Nc1c(O)c(C(=O)Nc2ccc(CO)cc2)cc2ccccc12. The van der Waals surface area contributed by atoms with Gasteiger partial charge in [-0.2, -0.15) is 5.10 Å². The molecule has 0 fully saturated rings. The Hall–Kier alpha value is -5.18. The molecule has 0 spiro atoms. The number of aliphatic hydroxyl groups is 1. The van der Waals surface area contributed by atoms with Gasteiger partial charge in [0.1, 0.15) is 5.69 Å². The largest absolute Gasteiger partial charge is 0.505 e. The molecule has 10 nitrogen and oxygen atoms in total. The van der Waals surface area contributed by atoms with Gasteiger partial charge in [0.25, 0.3) is 11.6 Å². The lowest BCUT2D eigenvalue weighted by Crippen LogP contribution is -2.12. The number of carbonyl (C=O) groups is 1. The van der Waals surface area contributed by atoms with Gasteiger partial charge in [0.15, 0.2) is 17.1 Å². The summed E-state index contributed by atoms with van der Waals surface area (Å²) in [5.74, 6) is -0.661. The van der Waals surface area contributed by atoms with E-state index in [0.717, 1.165) is 10.6 Å². The summed E-state index contributed by atoms with van der Waals surface area (Å²) >= 11 is 1.53. The molecule has 0 saturated carbocycles. The first-order chi connectivity index (χ1) is 19.6. The zero-order valence-corrected chi connectivity index (χ0v) is 21.6. The Balaban J connectivity index is 1.37. The van der Waals surface area contributed by atoms with Gasteiger partial charge in [-0.05, 0) is 41.3 Å². The predicted molar refractivity (Wildman–Crippen MR) is 154 cm³/mol. The van der Waals surface area contributed by atoms with Crippen molar-refractivity contribution in [1.29, 1.82) is 0 Å². The molecule has 6 rings (SSSR count). The van der Waals surface area contributed by atoms with Crippen molar-refractivity contribution in [1.82, 2.24) is 9.78 Å². The van der Waals surface area contributed by atoms with E-state index in [9.17, 15) is 15.0 Å². The number of aromatic hydroxyl groups is 1. The smallest absolute Gasteiger partial charge is 0.259 e. The standard InChI is InChI=1S/C29H21N7O3S/c1-30-23-15-31-36(29-33-22-8-4-5-9-24(22)40-29)27(23)35-34-25-20-7-3-2-6-18(20)14-21(26(25)38)28(39)32-19-12-10-17(16-37)11-13-19/h2-15,29,33,37-38H,16H2,(H,32,39). The summed E-state index contributed by atoms with van der Waals surface area (Å²) in [7, 11) is 0. The van der Waals surface area contributed by atoms with Gasteiger partial charge in [-0.3, -0.25) is 4.79 Å². The van der Waals surface area contributed by atoms with Crippen molar-refractivity contribution in [3.8, 4) is 5.75 Å². The number of nitrogens with zero attached hydrogens (tertiary/aromatic N) is 5. The molecule has 0 bridgehead atoms. The minimum Gasteiger partial charge on any atom is -0.505 e. The number of hydrogen-bond acceptors (Lipinski definition) is 8. The van der Waals surface area contributed by atoms with Crippen LogP contribution in [0.4, 0.5) is 28.6 Å². The quantitative estimate of drug-likeness (QED) is 0.132. The Kier molecular flexibility index (Phi) is 6.61. The molecule has 1 unspecified atom stereocenters. The third kappa shape index (κ3) is 4.62. The molecule has 40 heavy (non-hydrogen) atoms. The van der Waals surface area contributed by atoms with Gasteiger partial charge in [0.2, 0.25) is 0 Å². The van der Waals surface area contributed by atoms with Gasteiger partial charge < -0.3 is 20.8 Å². The predicted octanol–water partition coefficient (Wildman–Crippen LogP) is 7.13. The molecule has 196 valence electrons. The summed E-state index contributed by atoms with van der Waals surface area (Å²) in [6.07, 6.45) is 1.43.